The molecule has 5 heteroatoms. The second-order valence-electron chi connectivity index (χ2n) is 6.03. The summed E-state index contributed by atoms with van der Waals surface area (Å²) in [5.41, 5.74) is 2.23. The van der Waals surface area contributed by atoms with Crippen LogP contribution < -0.4 is 19.6 Å². The number of benzene rings is 2. The summed E-state index contributed by atoms with van der Waals surface area (Å²) in [7, 11) is 1.70. The summed E-state index contributed by atoms with van der Waals surface area (Å²) >= 11 is 0. The van der Waals surface area contributed by atoms with E-state index in [1.165, 1.54) is 10.5 Å². The van der Waals surface area contributed by atoms with Crippen molar-refractivity contribution in [3.05, 3.63) is 59.7 Å². The molecule has 0 aromatic heterocycles. The van der Waals surface area contributed by atoms with Gasteiger partial charge in [0.1, 0.15) is 12.3 Å². The molecule has 0 atom stereocenters. The van der Waals surface area contributed by atoms with Crippen molar-refractivity contribution >= 4 is 11.7 Å². The van der Waals surface area contributed by atoms with Crippen LogP contribution in [0.1, 0.15) is 15.9 Å². The Bertz CT molecular complexity index is 709. The molecule has 0 aliphatic carbocycles. The molecule has 1 heterocycles. The summed E-state index contributed by atoms with van der Waals surface area (Å²) in [6, 6.07) is 15.2. The molecule has 0 amide bonds. The minimum atomic E-state index is -1.12. The molecule has 0 spiro atoms. The standard InChI is InChI=1S/C19H22N2O3/c1-24-18-9-5-2-6-15(18)14-20-10-12-21(13-11-20)17-8-4-3-7-16(17)19(22)23/h2-9H,10-14H2,1H3,(H,22,23). The van der Waals surface area contributed by atoms with Crippen LogP contribution in [0.2, 0.25) is 0 Å². The maximum Gasteiger partial charge on any atom is 0.127 e. The Morgan fingerprint density at radius 2 is 1.79 bits per heavy atom. The highest BCUT2D eigenvalue weighted by atomic mass is 16.5. The van der Waals surface area contributed by atoms with Gasteiger partial charge in [0.15, 0.2) is 0 Å². The maximum absolute atomic E-state index is 11.3. The zero-order valence-electron chi connectivity index (χ0n) is 13.8. The van der Waals surface area contributed by atoms with E-state index in [4.69, 9.17) is 4.74 Å². The lowest BCUT2D eigenvalue weighted by Crippen LogP contribution is -3.13. The molecule has 1 aliphatic rings. The van der Waals surface area contributed by atoms with Crippen LogP contribution in [0.25, 0.3) is 0 Å². The van der Waals surface area contributed by atoms with Gasteiger partial charge in [-0.25, -0.2) is 0 Å². The van der Waals surface area contributed by atoms with Gasteiger partial charge in [0, 0.05) is 16.8 Å². The Morgan fingerprint density at radius 3 is 2.50 bits per heavy atom. The number of nitrogens with one attached hydrogen (secondary N) is 1. The summed E-state index contributed by atoms with van der Waals surface area (Å²) in [6.07, 6.45) is 0. The molecule has 3 rings (SSSR count). The fourth-order valence-electron chi connectivity index (χ4n) is 3.28. The number of hydrogen-bond acceptors (Lipinski definition) is 4. The monoisotopic (exact) mass is 326 g/mol. The Hall–Kier alpha value is -2.53. The minimum absolute atomic E-state index is 0.269. The molecule has 1 N–H and O–H groups in total. The smallest absolute Gasteiger partial charge is 0.127 e. The third kappa shape index (κ3) is 3.51. The second kappa shape index (κ2) is 7.36. The zero-order chi connectivity index (χ0) is 16.9. The van der Waals surface area contributed by atoms with Crippen LogP contribution in [0.15, 0.2) is 48.5 Å². The van der Waals surface area contributed by atoms with E-state index in [1.54, 1.807) is 19.2 Å². The lowest BCUT2D eigenvalue weighted by Gasteiger charge is -2.35. The molecule has 1 fully saturated rings. The highest BCUT2D eigenvalue weighted by molar-refractivity contribution is 5.93. The zero-order valence-corrected chi connectivity index (χ0v) is 13.8. The van der Waals surface area contributed by atoms with Gasteiger partial charge in [-0.1, -0.05) is 30.3 Å². The Kier molecular flexibility index (Phi) is 5.01. The van der Waals surface area contributed by atoms with Crippen molar-refractivity contribution in [2.75, 3.05) is 38.2 Å². The van der Waals surface area contributed by atoms with Crippen molar-refractivity contribution in [3.63, 3.8) is 0 Å². The largest absolute Gasteiger partial charge is 0.545 e. The third-order valence-electron chi connectivity index (χ3n) is 4.57. The fourth-order valence-corrected chi connectivity index (χ4v) is 3.28. The topological polar surface area (TPSA) is 57.0 Å². The molecular weight excluding hydrogens is 304 g/mol. The second-order valence-corrected chi connectivity index (χ2v) is 6.03. The Balaban J connectivity index is 1.65. The minimum Gasteiger partial charge on any atom is -0.545 e. The van der Waals surface area contributed by atoms with Crippen LogP contribution in [0.5, 0.6) is 5.75 Å². The van der Waals surface area contributed by atoms with E-state index in [9.17, 15) is 9.90 Å². The van der Waals surface area contributed by atoms with E-state index in [-0.39, 0.29) is 5.56 Å². The molecule has 2 aromatic carbocycles. The van der Waals surface area contributed by atoms with E-state index in [0.717, 1.165) is 44.2 Å². The number of hydrogen-bond donors (Lipinski definition) is 1. The number of carbonyl (C=O) groups excluding carboxylic acids is 1. The summed E-state index contributed by atoms with van der Waals surface area (Å²) in [4.78, 5) is 14.9. The first-order chi connectivity index (χ1) is 11.7. The van der Waals surface area contributed by atoms with Crippen LogP contribution in [0.4, 0.5) is 5.69 Å². The number of carboxylic acids is 1. The van der Waals surface area contributed by atoms with E-state index < -0.39 is 5.97 Å². The van der Waals surface area contributed by atoms with Crippen LogP contribution >= 0.6 is 0 Å². The molecule has 0 bridgehead atoms. The number of carbonyl (C=O) groups is 1. The molecule has 24 heavy (non-hydrogen) atoms. The first kappa shape index (κ1) is 16.3. The Labute approximate surface area is 142 Å². The van der Waals surface area contributed by atoms with E-state index >= 15 is 0 Å². The number of para-hydroxylation sites is 2. The molecule has 5 nitrogen and oxygen atoms in total. The summed E-state index contributed by atoms with van der Waals surface area (Å²) in [5, 5.41) is 11.3. The van der Waals surface area contributed by atoms with Crippen molar-refractivity contribution in [2.45, 2.75) is 6.54 Å². The molecule has 0 radical (unpaired) electrons. The molecule has 1 aliphatic heterocycles. The third-order valence-corrected chi connectivity index (χ3v) is 4.57. The number of nitrogens with zero attached hydrogens (tertiary/aromatic N) is 1. The van der Waals surface area contributed by atoms with Gasteiger partial charge in [-0.15, -0.1) is 0 Å². The summed E-state index contributed by atoms with van der Waals surface area (Å²) < 4.78 is 5.42. The first-order valence-electron chi connectivity index (χ1n) is 8.20. The first-order valence-corrected chi connectivity index (χ1v) is 8.20. The van der Waals surface area contributed by atoms with Crippen LogP contribution in [0, 0.1) is 0 Å². The molecule has 126 valence electrons. The number of ether oxygens (including phenoxy) is 1. The number of quaternary nitrogens is 1. The van der Waals surface area contributed by atoms with Gasteiger partial charge in [0.2, 0.25) is 0 Å². The predicted molar refractivity (Wildman–Crippen MR) is 90.4 cm³/mol. The van der Waals surface area contributed by atoms with Gasteiger partial charge >= 0.3 is 0 Å². The highest BCUT2D eigenvalue weighted by Gasteiger charge is 2.22. The number of rotatable bonds is 5. The predicted octanol–water partition coefficient (Wildman–Crippen LogP) is -0.0362. The van der Waals surface area contributed by atoms with Gasteiger partial charge in [-0.05, 0) is 18.2 Å². The van der Waals surface area contributed by atoms with Crippen molar-refractivity contribution in [2.24, 2.45) is 0 Å². The van der Waals surface area contributed by atoms with E-state index in [2.05, 4.69) is 11.0 Å². The molecule has 0 saturated carbocycles. The van der Waals surface area contributed by atoms with Crippen molar-refractivity contribution in [1.82, 2.24) is 0 Å². The maximum atomic E-state index is 11.3. The van der Waals surface area contributed by atoms with Gasteiger partial charge < -0.3 is 24.4 Å². The molecule has 0 unspecified atom stereocenters. The lowest BCUT2D eigenvalue weighted by molar-refractivity contribution is -0.914. The number of methoxy groups -OCH3 is 1. The SMILES string of the molecule is COc1ccccc1C[NH+]1CCN(c2ccccc2C(=O)[O-])CC1. The highest BCUT2D eigenvalue weighted by Crippen LogP contribution is 2.20. The summed E-state index contributed by atoms with van der Waals surface area (Å²) in [6.45, 7) is 4.49. The van der Waals surface area contributed by atoms with Gasteiger partial charge in [0.25, 0.3) is 0 Å². The molecule has 1 saturated heterocycles. The fraction of sp³-hybridized carbons (Fsp3) is 0.316. The average Bonchev–Trinajstić information content (AvgIpc) is 2.63. The van der Waals surface area contributed by atoms with Crippen molar-refractivity contribution in [1.29, 1.82) is 0 Å². The summed E-state index contributed by atoms with van der Waals surface area (Å²) in [5.74, 6) is -0.191. The Morgan fingerprint density at radius 1 is 1.12 bits per heavy atom. The van der Waals surface area contributed by atoms with E-state index in [1.807, 2.05) is 30.3 Å². The van der Waals surface area contributed by atoms with E-state index in [0.29, 0.717) is 0 Å². The molecular formula is C19H22N2O3. The number of piperazine rings is 1. The number of carboxylic acid groups (broad SMARTS) is 1. The van der Waals surface area contributed by atoms with Crippen LogP contribution in [-0.4, -0.2) is 39.3 Å². The van der Waals surface area contributed by atoms with Gasteiger partial charge in [-0.2, -0.15) is 0 Å². The normalized spacial score (nSPS) is 15.3. The lowest BCUT2D eigenvalue weighted by atomic mass is 10.1. The van der Waals surface area contributed by atoms with Gasteiger partial charge in [-0.3, -0.25) is 0 Å². The average molecular weight is 326 g/mol. The van der Waals surface area contributed by atoms with Crippen LogP contribution in [0.3, 0.4) is 0 Å². The number of aromatic carboxylic acids is 1. The van der Waals surface area contributed by atoms with Crippen molar-refractivity contribution < 1.29 is 19.5 Å². The number of anilines is 1. The van der Waals surface area contributed by atoms with Crippen LogP contribution in [-0.2, 0) is 6.54 Å². The molecule has 2 aromatic rings. The quantitative estimate of drug-likeness (QED) is 0.838. The van der Waals surface area contributed by atoms with Crippen molar-refractivity contribution in [3.8, 4) is 5.75 Å². The van der Waals surface area contributed by atoms with Gasteiger partial charge in [0.05, 0.1) is 39.3 Å².